The van der Waals surface area contributed by atoms with Crippen molar-refractivity contribution in [1.29, 1.82) is 0 Å². The highest BCUT2D eigenvalue weighted by atomic mass is 16.7. The Labute approximate surface area is 243 Å². The third-order valence-electron chi connectivity index (χ3n) is 7.91. The highest BCUT2D eigenvalue weighted by Crippen LogP contribution is 2.42. The van der Waals surface area contributed by atoms with E-state index in [1.165, 1.54) is 32.1 Å². The number of rotatable bonds is 10. The molecule has 0 aliphatic carbocycles. The lowest BCUT2D eigenvalue weighted by Gasteiger charge is -2.43. The summed E-state index contributed by atoms with van der Waals surface area (Å²) < 4.78 is 18.1. The van der Waals surface area contributed by atoms with E-state index in [4.69, 9.17) is 14.2 Å². The summed E-state index contributed by atoms with van der Waals surface area (Å²) in [6.07, 6.45) is 5.69. The second kappa shape index (κ2) is 15.9. The van der Waals surface area contributed by atoms with Gasteiger partial charge in [0.1, 0.15) is 6.54 Å². The minimum atomic E-state index is -0.525. The van der Waals surface area contributed by atoms with Crippen LogP contribution < -0.4 is 10.6 Å². The molecule has 2 aliphatic rings. The van der Waals surface area contributed by atoms with Gasteiger partial charge in [0.05, 0.1) is 25.4 Å². The molecule has 3 N–H and O–H groups in total. The van der Waals surface area contributed by atoms with E-state index in [0.717, 1.165) is 41.9 Å². The van der Waals surface area contributed by atoms with E-state index in [2.05, 4.69) is 22.5 Å². The molecule has 4 unspecified atom stereocenters. The zero-order valence-corrected chi connectivity index (χ0v) is 24.3. The fraction of sp³-hybridized carbons (Fsp3) is 0.562. The molecule has 0 radical (unpaired) electrons. The van der Waals surface area contributed by atoms with Crippen LogP contribution in [-0.2, 0) is 32.2 Å². The lowest BCUT2D eigenvalue weighted by atomic mass is 9.89. The average Bonchev–Trinajstić information content (AvgIpc) is 2.97. The van der Waals surface area contributed by atoms with Gasteiger partial charge in [-0.2, -0.15) is 0 Å². The fourth-order valence-corrected chi connectivity index (χ4v) is 5.48. The second-order valence-electron chi connectivity index (χ2n) is 11.0. The largest absolute Gasteiger partial charge is 0.465 e. The summed E-state index contributed by atoms with van der Waals surface area (Å²) in [5.74, 6) is -0.325. The predicted molar refractivity (Wildman–Crippen MR) is 156 cm³/mol. The van der Waals surface area contributed by atoms with Crippen LogP contribution in [0.4, 0.5) is 4.79 Å². The first-order valence-corrected chi connectivity index (χ1v) is 15.0. The average molecular weight is 568 g/mol. The second-order valence-corrected chi connectivity index (χ2v) is 11.0. The van der Waals surface area contributed by atoms with E-state index in [1.54, 1.807) is 6.92 Å². The number of ether oxygens (including phenoxy) is 3. The van der Waals surface area contributed by atoms with Gasteiger partial charge in [0.2, 0.25) is 0 Å². The third-order valence-corrected chi connectivity index (χ3v) is 7.91. The van der Waals surface area contributed by atoms with Crippen LogP contribution >= 0.6 is 0 Å². The fourth-order valence-electron chi connectivity index (χ4n) is 5.48. The molecular formula is C32H45N3O6. The number of likely N-dealkylation sites (tertiary alicyclic amines) is 1. The van der Waals surface area contributed by atoms with Crippen molar-refractivity contribution in [1.82, 2.24) is 15.5 Å². The molecule has 41 heavy (non-hydrogen) atoms. The van der Waals surface area contributed by atoms with Crippen molar-refractivity contribution in [3.63, 3.8) is 0 Å². The molecule has 2 saturated heterocycles. The van der Waals surface area contributed by atoms with Crippen molar-refractivity contribution in [2.45, 2.75) is 77.6 Å². The Kier molecular flexibility index (Phi) is 12.0. The van der Waals surface area contributed by atoms with Gasteiger partial charge in [0.15, 0.2) is 6.29 Å². The quantitative estimate of drug-likeness (QED) is 0.360. The van der Waals surface area contributed by atoms with Crippen molar-refractivity contribution in [3.05, 3.63) is 70.8 Å². The van der Waals surface area contributed by atoms with Gasteiger partial charge in [-0.1, -0.05) is 74.7 Å². The van der Waals surface area contributed by atoms with Gasteiger partial charge < -0.3 is 34.9 Å². The van der Waals surface area contributed by atoms with Crippen LogP contribution in [-0.4, -0.2) is 60.9 Å². The monoisotopic (exact) mass is 567 g/mol. The van der Waals surface area contributed by atoms with E-state index >= 15 is 0 Å². The van der Waals surface area contributed by atoms with Crippen LogP contribution in [0, 0.1) is 5.92 Å². The molecule has 2 fully saturated rings. The maximum absolute atomic E-state index is 12.0. The van der Waals surface area contributed by atoms with Gasteiger partial charge in [-0.15, -0.1) is 0 Å². The Balaban J connectivity index is 1.43. The molecule has 4 rings (SSSR count). The Morgan fingerprint density at radius 3 is 2.20 bits per heavy atom. The van der Waals surface area contributed by atoms with Gasteiger partial charge in [-0.3, -0.25) is 4.79 Å². The first-order valence-electron chi connectivity index (χ1n) is 15.0. The van der Waals surface area contributed by atoms with E-state index in [-0.39, 0.29) is 37.9 Å². The molecule has 2 amide bonds. The number of amides is 2. The number of aliphatic hydroxyl groups is 1. The lowest BCUT2D eigenvalue weighted by Crippen LogP contribution is -2.45. The number of hydrogen-bond donors (Lipinski definition) is 3. The van der Waals surface area contributed by atoms with Gasteiger partial charge in [0, 0.05) is 24.6 Å². The zero-order valence-electron chi connectivity index (χ0n) is 24.3. The standard InChI is InChI=1S/C32H45N3O6/c1-3-39-29(37)20-34-32(38)33-19-24-9-15-27(16-10-24)31-40-28(21-35-17-7-5-4-6-8-18-35)23(2)30(41-31)26-13-11-25(22-36)12-14-26/h9-16,23,28,30-31,36H,3-8,17-22H2,1-2H3,(H2,33,34,38). The maximum atomic E-state index is 12.0. The first kappa shape index (κ1) is 31.0. The molecule has 224 valence electrons. The van der Waals surface area contributed by atoms with Crippen LogP contribution in [0.5, 0.6) is 0 Å². The van der Waals surface area contributed by atoms with E-state index in [0.29, 0.717) is 6.54 Å². The normalized spacial score (nSPS) is 23.7. The Hall–Kier alpha value is -2.98. The molecule has 2 aromatic carbocycles. The summed E-state index contributed by atoms with van der Waals surface area (Å²) in [4.78, 5) is 26.0. The third kappa shape index (κ3) is 9.26. The minimum Gasteiger partial charge on any atom is -0.465 e. The smallest absolute Gasteiger partial charge is 0.325 e. The molecule has 9 nitrogen and oxygen atoms in total. The molecule has 0 aromatic heterocycles. The molecule has 2 aliphatic heterocycles. The van der Waals surface area contributed by atoms with Crippen LogP contribution in [0.2, 0.25) is 0 Å². The SMILES string of the molecule is CCOC(=O)CNC(=O)NCc1ccc(C2OC(CN3CCCCCCC3)C(C)C(c3ccc(CO)cc3)O2)cc1. The summed E-state index contributed by atoms with van der Waals surface area (Å²) in [6.45, 7) is 7.43. The number of benzene rings is 2. The van der Waals surface area contributed by atoms with E-state index < -0.39 is 18.3 Å². The summed E-state index contributed by atoms with van der Waals surface area (Å²) in [7, 11) is 0. The molecule has 4 atom stereocenters. The number of carbonyl (C=O) groups excluding carboxylic acids is 2. The summed E-state index contributed by atoms with van der Waals surface area (Å²) in [5.41, 5.74) is 3.79. The number of urea groups is 1. The number of aliphatic hydroxyl groups excluding tert-OH is 1. The summed E-state index contributed by atoms with van der Waals surface area (Å²) >= 11 is 0. The number of hydrogen-bond acceptors (Lipinski definition) is 7. The van der Waals surface area contributed by atoms with E-state index in [9.17, 15) is 14.7 Å². The van der Waals surface area contributed by atoms with Crippen molar-refractivity contribution in [2.24, 2.45) is 5.92 Å². The maximum Gasteiger partial charge on any atom is 0.325 e. The summed E-state index contributed by atoms with van der Waals surface area (Å²) in [5, 5.41) is 14.8. The topological polar surface area (TPSA) is 109 Å². The first-order chi connectivity index (χ1) is 20.0. The molecule has 9 heteroatoms. The minimum absolute atomic E-state index is 0.000122. The number of nitrogens with zero attached hydrogens (tertiary/aromatic N) is 1. The van der Waals surface area contributed by atoms with Crippen molar-refractivity contribution in [3.8, 4) is 0 Å². The molecule has 2 heterocycles. The van der Waals surface area contributed by atoms with Crippen LogP contribution in [0.25, 0.3) is 0 Å². The Morgan fingerprint density at radius 1 is 0.902 bits per heavy atom. The van der Waals surface area contributed by atoms with Crippen molar-refractivity contribution < 1.29 is 28.9 Å². The van der Waals surface area contributed by atoms with Gasteiger partial charge in [-0.25, -0.2) is 4.79 Å². The number of esters is 1. The van der Waals surface area contributed by atoms with Gasteiger partial charge in [-0.05, 0) is 49.5 Å². The molecular weight excluding hydrogens is 522 g/mol. The summed E-state index contributed by atoms with van der Waals surface area (Å²) in [6, 6.07) is 15.4. The van der Waals surface area contributed by atoms with Crippen molar-refractivity contribution in [2.75, 3.05) is 32.8 Å². The van der Waals surface area contributed by atoms with Crippen molar-refractivity contribution >= 4 is 12.0 Å². The highest BCUT2D eigenvalue weighted by molar-refractivity contribution is 5.80. The van der Waals surface area contributed by atoms with Crippen LogP contribution in [0.3, 0.4) is 0 Å². The molecule has 2 aromatic rings. The predicted octanol–water partition coefficient (Wildman–Crippen LogP) is 4.60. The van der Waals surface area contributed by atoms with Crippen LogP contribution in [0.1, 0.15) is 80.6 Å². The number of carbonyl (C=O) groups is 2. The number of nitrogens with one attached hydrogen (secondary N) is 2. The van der Waals surface area contributed by atoms with Gasteiger partial charge in [0.25, 0.3) is 0 Å². The Morgan fingerprint density at radius 2 is 1.54 bits per heavy atom. The molecule has 0 spiro atoms. The Bertz CT molecular complexity index is 1090. The van der Waals surface area contributed by atoms with Crippen LogP contribution in [0.15, 0.2) is 48.5 Å². The van der Waals surface area contributed by atoms with Gasteiger partial charge >= 0.3 is 12.0 Å². The van der Waals surface area contributed by atoms with E-state index in [1.807, 2.05) is 48.5 Å². The zero-order chi connectivity index (χ0) is 29.0. The lowest BCUT2D eigenvalue weighted by molar-refractivity contribution is -0.276. The highest BCUT2D eigenvalue weighted by Gasteiger charge is 2.39. The molecule has 0 bridgehead atoms. The molecule has 0 saturated carbocycles.